The smallest absolute Gasteiger partial charge is 0.409 e. The summed E-state index contributed by atoms with van der Waals surface area (Å²) in [5.41, 5.74) is 3.66. The Balaban J connectivity index is 1.41. The van der Waals surface area contributed by atoms with Gasteiger partial charge in [-0.05, 0) is 87.8 Å². The average Bonchev–Trinajstić information content (AvgIpc) is 2.95. The maximum absolute atomic E-state index is 15.2. The van der Waals surface area contributed by atoms with Gasteiger partial charge in [-0.3, -0.25) is 4.90 Å². The second kappa shape index (κ2) is 12.9. The first-order valence-electron chi connectivity index (χ1n) is 14.3. The predicted molar refractivity (Wildman–Crippen MR) is 165 cm³/mol. The number of halogens is 3. The summed E-state index contributed by atoms with van der Waals surface area (Å²) in [7, 11) is 2.06. The van der Waals surface area contributed by atoms with Crippen LogP contribution >= 0.6 is 0 Å². The Morgan fingerprint density at radius 3 is 2.36 bits per heavy atom. The van der Waals surface area contributed by atoms with E-state index in [4.69, 9.17) is 4.74 Å². The van der Waals surface area contributed by atoms with Crippen molar-refractivity contribution in [1.82, 2.24) is 14.9 Å². The maximum Gasteiger partial charge on any atom is 0.421 e. The highest BCUT2D eigenvalue weighted by molar-refractivity contribution is 5.88. The second-order valence-electron chi connectivity index (χ2n) is 11.3. The van der Waals surface area contributed by atoms with Crippen LogP contribution in [-0.2, 0) is 6.54 Å². The van der Waals surface area contributed by atoms with Crippen molar-refractivity contribution in [2.24, 2.45) is 0 Å². The number of amides is 1. The molecule has 0 spiro atoms. The zero-order chi connectivity index (χ0) is 31.5. The highest BCUT2D eigenvalue weighted by Gasteiger charge is 2.25. The van der Waals surface area contributed by atoms with E-state index in [1.807, 2.05) is 37.8 Å². The Hall–Kier alpha value is -4.64. The first kappa shape index (κ1) is 30.8. The molecule has 0 bridgehead atoms. The van der Waals surface area contributed by atoms with Crippen molar-refractivity contribution in [2.45, 2.75) is 40.3 Å². The number of aromatic nitrogens is 2. The molecule has 1 aliphatic heterocycles. The average molecular weight is 605 g/mol. The summed E-state index contributed by atoms with van der Waals surface area (Å²) in [6.45, 7) is 9.75. The molecule has 0 radical (unpaired) electrons. The van der Waals surface area contributed by atoms with Gasteiger partial charge in [0.25, 0.3) is 0 Å². The standard InChI is InChI=1S/C33H35F3N6O2/c1-20-12-21(2)31(22(3)13-20)44-33(43)42(19-24-14-25(34)16-26(35)15-24)30-8-9-37-32(39-30)38-27-6-7-29(28(36)17-27)41-11-10-40(5)23(4)18-41/h6-9,12-17,23H,10-11,18-19H2,1-5H3,(H,37,38,39). The topological polar surface area (TPSA) is 73.8 Å². The van der Waals surface area contributed by atoms with Crippen LogP contribution < -0.4 is 19.9 Å². The third-order valence-corrected chi connectivity index (χ3v) is 7.70. The molecule has 11 heteroatoms. The van der Waals surface area contributed by atoms with Crippen molar-refractivity contribution in [1.29, 1.82) is 0 Å². The van der Waals surface area contributed by atoms with E-state index >= 15 is 4.39 Å². The molecule has 1 unspecified atom stereocenters. The van der Waals surface area contributed by atoms with E-state index in [2.05, 4.69) is 34.2 Å². The molecule has 5 rings (SSSR count). The largest absolute Gasteiger partial charge is 0.421 e. The van der Waals surface area contributed by atoms with Gasteiger partial charge in [0.1, 0.15) is 29.0 Å². The zero-order valence-corrected chi connectivity index (χ0v) is 25.4. The fraction of sp³-hybridized carbons (Fsp3) is 0.303. The van der Waals surface area contributed by atoms with E-state index in [9.17, 15) is 13.6 Å². The number of rotatable bonds is 7. The molecule has 1 aromatic heterocycles. The Labute approximate surface area is 255 Å². The van der Waals surface area contributed by atoms with Crippen LogP contribution in [0.3, 0.4) is 0 Å². The maximum atomic E-state index is 15.2. The first-order chi connectivity index (χ1) is 21.0. The predicted octanol–water partition coefficient (Wildman–Crippen LogP) is 6.91. The number of aryl methyl sites for hydroxylation is 3. The molecule has 230 valence electrons. The highest BCUT2D eigenvalue weighted by atomic mass is 19.1. The van der Waals surface area contributed by atoms with Gasteiger partial charge in [0.15, 0.2) is 0 Å². The number of hydrogen-bond acceptors (Lipinski definition) is 7. The molecular formula is C33H35F3N6O2. The van der Waals surface area contributed by atoms with Gasteiger partial charge in [0.2, 0.25) is 5.95 Å². The Morgan fingerprint density at radius 2 is 1.70 bits per heavy atom. The first-order valence-corrected chi connectivity index (χ1v) is 14.3. The van der Waals surface area contributed by atoms with Crippen LogP contribution in [0.4, 0.5) is 41.1 Å². The lowest BCUT2D eigenvalue weighted by molar-refractivity contribution is 0.206. The minimum Gasteiger partial charge on any atom is -0.409 e. The van der Waals surface area contributed by atoms with E-state index in [0.29, 0.717) is 29.7 Å². The number of likely N-dealkylation sites (N-methyl/N-ethyl adjacent to an activating group) is 1. The Kier molecular flexibility index (Phi) is 9.05. The molecule has 1 atom stereocenters. The zero-order valence-electron chi connectivity index (χ0n) is 25.4. The number of benzene rings is 3. The molecule has 1 fully saturated rings. The number of nitrogens with zero attached hydrogens (tertiary/aromatic N) is 5. The minimum absolute atomic E-state index is 0.0915. The fourth-order valence-electron chi connectivity index (χ4n) is 5.39. The van der Waals surface area contributed by atoms with Gasteiger partial charge in [-0.1, -0.05) is 17.7 Å². The molecule has 0 aliphatic carbocycles. The normalized spacial score (nSPS) is 15.3. The molecule has 0 saturated carbocycles. The Morgan fingerprint density at radius 1 is 1.00 bits per heavy atom. The van der Waals surface area contributed by atoms with Gasteiger partial charge in [0, 0.05) is 43.6 Å². The van der Waals surface area contributed by atoms with E-state index in [1.54, 1.807) is 12.1 Å². The van der Waals surface area contributed by atoms with Crippen LogP contribution in [0, 0.1) is 38.2 Å². The Bertz CT molecular complexity index is 1640. The molecule has 1 saturated heterocycles. The number of carbonyl (C=O) groups excluding carboxylic acids is 1. The molecule has 4 aromatic rings. The third-order valence-electron chi connectivity index (χ3n) is 7.70. The SMILES string of the molecule is Cc1cc(C)c(OC(=O)N(Cc2cc(F)cc(F)c2)c2ccnc(Nc3ccc(N4CCN(C)C(C)C4)c(F)c3)n2)c(C)c1. The second-order valence-corrected chi connectivity index (χ2v) is 11.3. The number of carbonyl (C=O) groups is 1. The quantitative estimate of drug-likeness (QED) is 0.246. The van der Waals surface area contributed by atoms with Crippen LogP contribution in [-0.4, -0.2) is 53.7 Å². The lowest BCUT2D eigenvalue weighted by Crippen LogP contribution is -2.50. The lowest BCUT2D eigenvalue weighted by atomic mass is 10.1. The van der Waals surface area contributed by atoms with Crippen molar-refractivity contribution >= 4 is 29.2 Å². The fourth-order valence-corrected chi connectivity index (χ4v) is 5.39. The van der Waals surface area contributed by atoms with E-state index in [0.717, 1.165) is 52.9 Å². The summed E-state index contributed by atoms with van der Waals surface area (Å²) in [6.07, 6.45) is 0.627. The molecule has 1 aliphatic rings. The van der Waals surface area contributed by atoms with Crippen LogP contribution in [0.1, 0.15) is 29.2 Å². The van der Waals surface area contributed by atoms with Gasteiger partial charge in [0.05, 0.1) is 12.2 Å². The van der Waals surface area contributed by atoms with Gasteiger partial charge in [-0.15, -0.1) is 0 Å². The van der Waals surface area contributed by atoms with Crippen molar-refractivity contribution in [2.75, 3.05) is 41.8 Å². The van der Waals surface area contributed by atoms with Gasteiger partial charge in [-0.25, -0.2) is 22.9 Å². The van der Waals surface area contributed by atoms with Crippen molar-refractivity contribution < 1.29 is 22.7 Å². The third kappa shape index (κ3) is 7.11. The van der Waals surface area contributed by atoms with Crippen LogP contribution in [0.15, 0.2) is 60.8 Å². The summed E-state index contributed by atoms with van der Waals surface area (Å²) in [5.74, 6) is -1.35. The van der Waals surface area contributed by atoms with Crippen LogP contribution in [0.25, 0.3) is 0 Å². The summed E-state index contributed by atoms with van der Waals surface area (Å²) < 4.78 is 49.1. The molecular weight excluding hydrogens is 569 g/mol. The summed E-state index contributed by atoms with van der Waals surface area (Å²) in [5, 5.41) is 2.99. The van der Waals surface area contributed by atoms with Gasteiger partial charge in [-0.2, -0.15) is 4.98 Å². The monoisotopic (exact) mass is 604 g/mol. The molecule has 2 heterocycles. The highest BCUT2D eigenvalue weighted by Crippen LogP contribution is 2.29. The number of ether oxygens (including phenoxy) is 1. The summed E-state index contributed by atoms with van der Waals surface area (Å²) in [6, 6.07) is 13.4. The molecule has 8 nitrogen and oxygen atoms in total. The number of nitrogens with one attached hydrogen (secondary N) is 1. The van der Waals surface area contributed by atoms with Crippen molar-refractivity contribution in [3.05, 3.63) is 100 Å². The van der Waals surface area contributed by atoms with Crippen molar-refractivity contribution in [3.8, 4) is 5.75 Å². The molecule has 3 aromatic carbocycles. The van der Waals surface area contributed by atoms with Crippen LogP contribution in [0.2, 0.25) is 0 Å². The van der Waals surface area contributed by atoms with Gasteiger partial charge < -0.3 is 19.9 Å². The molecule has 1 N–H and O–H groups in total. The number of anilines is 4. The number of hydrogen-bond donors (Lipinski definition) is 1. The van der Waals surface area contributed by atoms with Crippen LogP contribution in [0.5, 0.6) is 5.75 Å². The molecule has 44 heavy (non-hydrogen) atoms. The minimum atomic E-state index is -0.800. The lowest BCUT2D eigenvalue weighted by Gasteiger charge is -2.39. The van der Waals surface area contributed by atoms with E-state index in [-0.39, 0.29) is 29.7 Å². The van der Waals surface area contributed by atoms with E-state index in [1.165, 1.54) is 18.3 Å². The van der Waals surface area contributed by atoms with Crippen molar-refractivity contribution in [3.63, 3.8) is 0 Å². The van der Waals surface area contributed by atoms with Gasteiger partial charge >= 0.3 is 6.09 Å². The van der Waals surface area contributed by atoms with E-state index < -0.39 is 17.7 Å². The number of piperazine rings is 1. The summed E-state index contributed by atoms with van der Waals surface area (Å²) in [4.78, 5) is 27.7. The molecule has 1 amide bonds. The summed E-state index contributed by atoms with van der Waals surface area (Å²) >= 11 is 0.